The molecule has 1 atom stereocenters. The van der Waals surface area contributed by atoms with E-state index in [0.717, 1.165) is 15.4 Å². The van der Waals surface area contributed by atoms with Crippen LogP contribution in [0.15, 0.2) is 41.8 Å². The number of aromatic nitrogens is 2. The van der Waals surface area contributed by atoms with Crippen molar-refractivity contribution >= 4 is 15.9 Å². The van der Waals surface area contributed by atoms with E-state index in [-0.39, 0.29) is 18.0 Å². The highest BCUT2D eigenvalue weighted by molar-refractivity contribution is 7.89. The Kier molecular flexibility index (Phi) is 3.26. The van der Waals surface area contributed by atoms with Crippen molar-refractivity contribution in [1.29, 1.82) is 0 Å². The number of amides is 1. The molecule has 0 fully saturated rings. The molecule has 7 nitrogen and oxygen atoms in total. The molecule has 1 aliphatic heterocycles. The fourth-order valence-corrected chi connectivity index (χ4v) is 3.98. The van der Waals surface area contributed by atoms with Crippen LogP contribution in [0, 0.1) is 0 Å². The largest absolute Gasteiger partial charge is 0.368 e. The highest BCUT2D eigenvalue weighted by Gasteiger charge is 2.39. The van der Waals surface area contributed by atoms with E-state index in [2.05, 4.69) is 9.97 Å². The monoisotopic (exact) mass is 306 g/mol. The topological polar surface area (TPSA) is 109 Å². The highest BCUT2D eigenvalue weighted by atomic mass is 32.2. The molecule has 0 bridgehead atoms. The van der Waals surface area contributed by atoms with Gasteiger partial charge in [0.2, 0.25) is 5.91 Å². The smallest absolute Gasteiger partial charge is 0.261 e. The molecule has 0 aliphatic carbocycles. The Morgan fingerprint density at radius 3 is 2.67 bits per heavy atom. The van der Waals surface area contributed by atoms with Crippen molar-refractivity contribution in [3.8, 4) is 0 Å². The third-order valence-electron chi connectivity index (χ3n) is 3.59. The van der Waals surface area contributed by atoms with Crippen molar-refractivity contribution in [1.82, 2.24) is 14.3 Å². The summed E-state index contributed by atoms with van der Waals surface area (Å²) in [6.07, 6.45) is 2.77. The van der Waals surface area contributed by atoms with E-state index in [9.17, 15) is 13.2 Å². The van der Waals surface area contributed by atoms with Crippen LogP contribution in [0.1, 0.15) is 11.1 Å². The zero-order valence-corrected chi connectivity index (χ0v) is 11.9. The first kappa shape index (κ1) is 13.8. The van der Waals surface area contributed by atoms with Gasteiger partial charge in [-0.05, 0) is 17.5 Å². The SMILES string of the molecule is NC(=O)[C@@H]1Cc2ccccc2CN1S(=O)(=O)c1cnc[nH]1. The minimum absolute atomic E-state index is 0.0480. The number of benzene rings is 1. The summed E-state index contributed by atoms with van der Waals surface area (Å²) in [7, 11) is -3.84. The molecule has 110 valence electrons. The van der Waals surface area contributed by atoms with E-state index in [0.29, 0.717) is 0 Å². The molecule has 0 saturated heterocycles. The second kappa shape index (κ2) is 4.97. The number of primary amides is 1. The first-order valence-corrected chi connectivity index (χ1v) is 7.80. The number of fused-ring (bicyclic) bond motifs is 1. The fraction of sp³-hybridized carbons (Fsp3) is 0.231. The first-order valence-electron chi connectivity index (χ1n) is 6.36. The van der Waals surface area contributed by atoms with E-state index in [1.165, 1.54) is 12.5 Å². The normalized spacial score (nSPS) is 19.1. The fourth-order valence-electron chi connectivity index (χ4n) is 2.50. The number of hydrogen-bond acceptors (Lipinski definition) is 4. The number of carbonyl (C=O) groups excluding carboxylic acids is 1. The van der Waals surface area contributed by atoms with Crippen molar-refractivity contribution < 1.29 is 13.2 Å². The van der Waals surface area contributed by atoms with Gasteiger partial charge < -0.3 is 10.7 Å². The summed E-state index contributed by atoms with van der Waals surface area (Å²) >= 11 is 0. The molecule has 1 amide bonds. The van der Waals surface area contributed by atoms with Crippen molar-refractivity contribution in [2.24, 2.45) is 5.73 Å². The Hall–Kier alpha value is -2.19. The summed E-state index contributed by atoms with van der Waals surface area (Å²) in [5.74, 6) is -0.660. The maximum atomic E-state index is 12.6. The molecule has 1 aliphatic rings. The lowest BCUT2D eigenvalue weighted by Crippen LogP contribution is -2.51. The number of imidazole rings is 1. The number of sulfonamides is 1. The summed E-state index contributed by atoms with van der Waals surface area (Å²) in [6, 6.07) is 6.53. The lowest BCUT2D eigenvalue weighted by molar-refractivity contribution is -0.122. The average molecular weight is 306 g/mol. The van der Waals surface area contributed by atoms with Gasteiger partial charge in [-0.15, -0.1) is 0 Å². The van der Waals surface area contributed by atoms with Crippen molar-refractivity contribution in [2.75, 3.05) is 0 Å². The number of H-pyrrole nitrogens is 1. The number of carbonyl (C=O) groups is 1. The van der Waals surface area contributed by atoms with Crippen LogP contribution >= 0.6 is 0 Å². The lowest BCUT2D eigenvalue weighted by atomic mass is 9.96. The lowest BCUT2D eigenvalue weighted by Gasteiger charge is -2.33. The van der Waals surface area contributed by atoms with Gasteiger partial charge in [0.15, 0.2) is 5.03 Å². The van der Waals surface area contributed by atoms with Crippen molar-refractivity contribution in [2.45, 2.75) is 24.0 Å². The summed E-state index contributed by atoms with van der Waals surface area (Å²) < 4.78 is 26.4. The van der Waals surface area contributed by atoms with Gasteiger partial charge in [-0.2, -0.15) is 4.31 Å². The van der Waals surface area contributed by atoms with Gasteiger partial charge in [0, 0.05) is 6.54 Å². The Bertz CT molecular complexity index is 770. The van der Waals surface area contributed by atoms with E-state index < -0.39 is 22.0 Å². The van der Waals surface area contributed by atoms with Crippen LogP contribution in [0.25, 0.3) is 0 Å². The van der Waals surface area contributed by atoms with E-state index in [1.54, 1.807) is 0 Å². The van der Waals surface area contributed by atoms with E-state index in [4.69, 9.17) is 5.73 Å². The zero-order chi connectivity index (χ0) is 15.0. The number of aromatic amines is 1. The third kappa shape index (κ3) is 2.32. The Labute approximate surface area is 121 Å². The van der Waals surface area contributed by atoms with Crippen LogP contribution in [-0.4, -0.2) is 34.6 Å². The molecule has 0 saturated carbocycles. The van der Waals surface area contributed by atoms with Gasteiger partial charge in [-0.25, -0.2) is 13.4 Å². The number of hydrogen-bond donors (Lipinski definition) is 2. The van der Waals surface area contributed by atoms with E-state index in [1.807, 2.05) is 24.3 Å². The highest BCUT2D eigenvalue weighted by Crippen LogP contribution is 2.28. The molecule has 3 rings (SSSR count). The van der Waals surface area contributed by atoms with Crippen LogP contribution in [-0.2, 0) is 27.8 Å². The van der Waals surface area contributed by atoms with Crippen molar-refractivity contribution in [3.05, 3.63) is 47.9 Å². The molecular weight excluding hydrogens is 292 g/mol. The van der Waals surface area contributed by atoms with Gasteiger partial charge in [0.05, 0.1) is 12.5 Å². The van der Waals surface area contributed by atoms with Gasteiger partial charge in [0.25, 0.3) is 10.0 Å². The predicted octanol–water partition coefficient (Wildman–Crippen LogP) is 0.0106. The van der Waals surface area contributed by atoms with Gasteiger partial charge >= 0.3 is 0 Å². The molecule has 0 spiro atoms. The van der Waals surface area contributed by atoms with Gasteiger partial charge in [-0.3, -0.25) is 4.79 Å². The average Bonchev–Trinajstić information content (AvgIpc) is 3.00. The second-order valence-corrected chi connectivity index (χ2v) is 6.72. The molecular formula is C13H14N4O3S. The number of nitrogens with two attached hydrogens (primary N) is 1. The molecule has 0 unspecified atom stereocenters. The number of nitrogens with zero attached hydrogens (tertiary/aromatic N) is 2. The van der Waals surface area contributed by atoms with Crippen LogP contribution in [0.5, 0.6) is 0 Å². The summed E-state index contributed by atoms with van der Waals surface area (Å²) in [5.41, 5.74) is 7.21. The first-order chi connectivity index (χ1) is 10.00. The van der Waals surface area contributed by atoms with Crippen LogP contribution in [0.3, 0.4) is 0 Å². The Morgan fingerprint density at radius 1 is 1.33 bits per heavy atom. The maximum Gasteiger partial charge on any atom is 0.261 e. The summed E-state index contributed by atoms with van der Waals surface area (Å²) in [4.78, 5) is 18.0. The summed E-state index contributed by atoms with van der Waals surface area (Å²) in [6.45, 7) is 0.116. The number of nitrogens with one attached hydrogen (secondary N) is 1. The van der Waals surface area contributed by atoms with Gasteiger partial charge in [0.1, 0.15) is 6.04 Å². The van der Waals surface area contributed by atoms with Crippen molar-refractivity contribution in [3.63, 3.8) is 0 Å². The molecule has 2 aromatic rings. The minimum atomic E-state index is -3.84. The third-order valence-corrected chi connectivity index (χ3v) is 5.37. The molecule has 8 heteroatoms. The zero-order valence-electron chi connectivity index (χ0n) is 11.1. The molecule has 1 aromatic heterocycles. The molecule has 21 heavy (non-hydrogen) atoms. The molecule has 2 heterocycles. The van der Waals surface area contributed by atoms with Gasteiger partial charge in [-0.1, -0.05) is 24.3 Å². The van der Waals surface area contributed by atoms with Crippen LogP contribution < -0.4 is 5.73 Å². The Balaban J connectivity index is 2.06. The van der Waals surface area contributed by atoms with E-state index >= 15 is 0 Å². The molecule has 0 radical (unpaired) electrons. The second-order valence-electron chi connectivity index (χ2n) is 4.86. The maximum absolute atomic E-state index is 12.6. The minimum Gasteiger partial charge on any atom is -0.368 e. The molecule has 3 N–H and O–H groups in total. The number of rotatable bonds is 3. The quantitative estimate of drug-likeness (QED) is 0.832. The van der Waals surface area contributed by atoms with Crippen LogP contribution in [0.4, 0.5) is 0 Å². The Morgan fingerprint density at radius 2 is 2.05 bits per heavy atom. The standard InChI is InChI=1S/C13H14N4O3S/c14-13(18)11-5-9-3-1-2-4-10(9)7-17(11)21(19,20)12-6-15-8-16-12/h1-4,6,8,11H,5,7H2,(H2,14,18)(H,15,16)/t11-/m0/s1. The van der Waals surface area contributed by atoms with Crippen LogP contribution in [0.2, 0.25) is 0 Å². The molecule has 1 aromatic carbocycles. The predicted molar refractivity (Wildman–Crippen MR) is 74.4 cm³/mol. The summed E-state index contributed by atoms with van der Waals surface area (Å²) in [5, 5.41) is -0.0480.